The van der Waals surface area contributed by atoms with E-state index in [-0.39, 0.29) is 4.90 Å². The highest BCUT2D eigenvalue weighted by Crippen LogP contribution is 2.37. The Balaban J connectivity index is 1.87. The van der Waals surface area contributed by atoms with Crippen molar-refractivity contribution in [3.8, 4) is 5.75 Å². The van der Waals surface area contributed by atoms with E-state index in [2.05, 4.69) is 32.8 Å². The van der Waals surface area contributed by atoms with Crippen molar-refractivity contribution < 1.29 is 13.2 Å². The van der Waals surface area contributed by atoms with Crippen LogP contribution in [0.5, 0.6) is 5.75 Å². The minimum atomic E-state index is -3.75. The molecule has 0 saturated carbocycles. The molecule has 0 bridgehead atoms. The molecule has 2 heterocycles. The zero-order chi connectivity index (χ0) is 21.3. The molecule has 0 atom stereocenters. The molecule has 1 fully saturated rings. The molecular formula is C22H26BrN3O3S. The quantitative estimate of drug-likeness (QED) is 0.524. The van der Waals surface area contributed by atoms with Gasteiger partial charge in [0, 0.05) is 42.6 Å². The number of aromatic nitrogens is 1. The van der Waals surface area contributed by atoms with Crippen LogP contribution < -0.4 is 4.74 Å². The molecule has 1 aromatic heterocycles. The summed E-state index contributed by atoms with van der Waals surface area (Å²) < 4.78 is 35.3. The number of rotatable bonds is 6. The Labute approximate surface area is 186 Å². The Morgan fingerprint density at radius 1 is 1.03 bits per heavy atom. The molecule has 1 saturated heterocycles. The summed E-state index contributed by atoms with van der Waals surface area (Å²) in [6.45, 7) is 6.79. The minimum Gasteiger partial charge on any atom is -0.494 e. The largest absolute Gasteiger partial charge is 0.494 e. The topological polar surface area (TPSA) is 54.8 Å². The van der Waals surface area contributed by atoms with Gasteiger partial charge in [0.2, 0.25) is 0 Å². The molecule has 160 valence electrons. The van der Waals surface area contributed by atoms with Gasteiger partial charge in [0.1, 0.15) is 5.75 Å². The third-order valence-electron chi connectivity index (χ3n) is 5.48. The van der Waals surface area contributed by atoms with Gasteiger partial charge in [0.25, 0.3) is 10.0 Å². The second-order valence-electron chi connectivity index (χ2n) is 7.53. The van der Waals surface area contributed by atoms with E-state index in [0.29, 0.717) is 18.7 Å². The van der Waals surface area contributed by atoms with Crippen LogP contribution in [-0.4, -0.2) is 62.0 Å². The second kappa shape index (κ2) is 8.70. The molecule has 0 unspecified atom stereocenters. The van der Waals surface area contributed by atoms with Gasteiger partial charge in [0.05, 0.1) is 22.7 Å². The number of ether oxygens (including phenoxy) is 1. The zero-order valence-corrected chi connectivity index (χ0v) is 19.6. The molecule has 2 aromatic carbocycles. The average molecular weight is 492 g/mol. The maximum absolute atomic E-state index is 13.7. The third kappa shape index (κ3) is 4.01. The maximum Gasteiger partial charge on any atom is 0.268 e. The molecule has 0 N–H and O–H groups in total. The molecule has 1 aliphatic rings. The SMILES string of the molecule is CCOc1ccc2c(c1)c(Br)c(CN1CCN(C)CC1)n2S(=O)(=O)c1ccccc1. The van der Waals surface area contributed by atoms with E-state index < -0.39 is 10.0 Å². The highest BCUT2D eigenvalue weighted by molar-refractivity contribution is 9.10. The van der Waals surface area contributed by atoms with Crippen molar-refractivity contribution in [3.05, 3.63) is 58.7 Å². The summed E-state index contributed by atoms with van der Waals surface area (Å²) in [5, 5.41) is 0.838. The van der Waals surface area contributed by atoms with Gasteiger partial charge < -0.3 is 9.64 Å². The fourth-order valence-corrected chi connectivity index (χ4v) is 6.15. The number of benzene rings is 2. The van der Waals surface area contributed by atoms with Crippen LogP contribution in [0.25, 0.3) is 10.9 Å². The Kier molecular flexibility index (Phi) is 6.20. The molecule has 0 amide bonds. The Morgan fingerprint density at radius 3 is 2.40 bits per heavy atom. The van der Waals surface area contributed by atoms with Crippen molar-refractivity contribution in [3.63, 3.8) is 0 Å². The molecule has 0 aliphatic carbocycles. The van der Waals surface area contributed by atoms with E-state index >= 15 is 0 Å². The summed E-state index contributed by atoms with van der Waals surface area (Å²) in [4.78, 5) is 4.87. The fourth-order valence-electron chi connectivity index (χ4n) is 3.84. The monoisotopic (exact) mass is 491 g/mol. The Hall–Kier alpha value is -1.87. The molecule has 8 heteroatoms. The van der Waals surface area contributed by atoms with Crippen LogP contribution in [0.1, 0.15) is 12.6 Å². The van der Waals surface area contributed by atoms with Gasteiger partial charge >= 0.3 is 0 Å². The lowest BCUT2D eigenvalue weighted by molar-refractivity contribution is 0.146. The summed E-state index contributed by atoms with van der Waals surface area (Å²) in [7, 11) is -1.64. The van der Waals surface area contributed by atoms with Gasteiger partial charge in [-0.05, 0) is 60.2 Å². The number of nitrogens with zero attached hydrogens (tertiary/aromatic N) is 3. The van der Waals surface area contributed by atoms with Crippen LogP contribution in [0.15, 0.2) is 57.9 Å². The minimum absolute atomic E-state index is 0.280. The molecule has 1 aliphatic heterocycles. The van der Waals surface area contributed by atoms with Crippen molar-refractivity contribution >= 4 is 36.9 Å². The standard InChI is InChI=1S/C22H26BrN3O3S/c1-3-29-17-9-10-20-19(15-17)22(23)21(16-25-13-11-24(2)12-14-25)26(20)30(27,28)18-7-5-4-6-8-18/h4-10,15H,3,11-14,16H2,1-2H3. The van der Waals surface area contributed by atoms with E-state index in [1.54, 1.807) is 24.3 Å². The van der Waals surface area contributed by atoms with Crippen LogP contribution in [0.2, 0.25) is 0 Å². The number of likely N-dealkylation sites (N-methyl/N-ethyl adjacent to an activating group) is 1. The summed E-state index contributed by atoms with van der Waals surface area (Å²) in [5.41, 5.74) is 1.39. The van der Waals surface area contributed by atoms with Crippen molar-refractivity contribution in [2.45, 2.75) is 18.4 Å². The van der Waals surface area contributed by atoms with E-state index in [4.69, 9.17) is 4.74 Å². The third-order valence-corrected chi connectivity index (χ3v) is 8.13. The zero-order valence-electron chi connectivity index (χ0n) is 17.2. The van der Waals surface area contributed by atoms with Gasteiger partial charge in [-0.1, -0.05) is 18.2 Å². The van der Waals surface area contributed by atoms with E-state index in [0.717, 1.165) is 47.5 Å². The Morgan fingerprint density at radius 2 is 1.73 bits per heavy atom. The van der Waals surface area contributed by atoms with Gasteiger partial charge in [0.15, 0.2) is 0 Å². The smallest absolute Gasteiger partial charge is 0.268 e. The van der Waals surface area contributed by atoms with Gasteiger partial charge in [-0.3, -0.25) is 4.90 Å². The van der Waals surface area contributed by atoms with Crippen LogP contribution in [0.3, 0.4) is 0 Å². The fraction of sp³-hybridized carbons (Fsp3) is 0.364. The van der Waals surface area contributed by atoms with E-state index in [1.165, 1.54) is 3.97 Å². The number of halogens is 1. The first-order valence-electron chi connectivity index (χ1n) is 10.1. The van der Waals surface area contributed by atoms with Crippen LogP contribution in [0, 0.1) is 0 Å². The molecule has 3 aromatic rings. The average Bonchev–Trinajstić information content (AvgIpc) is 3.02. The number of piperazine rings is 1. The van der Waals surface area contributed by atoms with Crippen molar-refractivity contribution in [1.29, 1.82) is 0 Å². The van der Waals surface area contributed by atoms with Gasteiger partial charge in [-0.2, -0.15) is 0 Å². The maximum atomic E-state index is 13.7. The summed E-state index contributed by atoms with van der Waals surface area (Å²) >= 11 is 3.71. The lowest BCUT2D eigenvalue weighted by Gasteiger charge is -2.32. The van der Waals surface area contributed by atoms with Crippen LogP contribution in [0.4, 0.5) is 0 Å². The first-order valence-corrected chi connectivity index (χ1v) is 12.3. The summed E-state index contributed by atoms with van der Waals surface area (Å²) in [6, 6.07) is 14.2. The van der Waals surface area contributed by atoms with Crippen molar-refractivity contribution in [1.82, 2.24) is 13.8 Å². The predicted molar refractivity (Wildman–Crippen MR) is 123 cm³/mol. The van der Waals surface area contributed by atoms with E-state index in [1.807, 2.05) is 31.2 Å². The number of fused-ring (bicyclic) bond motifs is 1. The van der Waals surface area contributed by atoms with E-state index in [9.17, 15) is 8.42 Å². The predicted octanol–water partition coefficient (Wildman–Crippen LogP) is 3.79. The van der Waals surface area contributed by atoms with Gasteiger partial charge in [-0.25, -0.2) is 12.4 Å². The molecular weight excluding hydrogens is 466 g/mol. The summed E-state index contributed by atoms with van der Waals surface area (Å²) in [5.74, 6) is 0.728. The van der Waals surface area contributed by atoms with Crippen LogP contribution >= 0.6 is 15.9 Å². The molecule has 0 radical (unpaired) electrons. The van der Waals surface area contributed by atoms with Crippen molar-refractivity contribution in [2.24, 2.45) is 0 Å². The second-order valence-corrected chi connectivity index (χ2v) is 10.1. The van der Waals surface area contributed by atoms with Gasteiger partial charge in [-0.15, -0.1) is 0 Å². The first-order chi connectivity index (χ1) is 14.4. The normalized spacial score (nSPS) is 16.2. The highest BCUT2D eigenvalue weighted by atomic mass is 79.9. The van der Waals surface area contributed by atoms with Crippen molar-refractivity contribution in [2.75, 3.05) is 39.8 Å². The lowest BCUT2D eigenvalue weighted by Crippen LogP contribution is -2.44. The van der Waals surface area contributed by atoms with Crippen LogP contribution in [-0.2, 0) is 16.6 Å². The summed E-state index contributed by atoms with van der Waals surface area (Å²) in [6.07, 6.45) is 0. The molecule has 6 nitrogen and oxygen atoms in total. The number of hydrogen-bond donors (Lipinski definition) is 0. The molecule has 30 heavy (non-hydrogen) atoms. The Bertz CT molecular complexity index is 1140. The highest BCUT2D eigenvalue weighted by Gasteiger charge is 2.28. The molecule has 4 rings (SSSR count). The molecule has 0 spiro atoms. The lowest BCUT2D eigenvalue weighted by atomic mass is 10.2. The number of hydrogen-bond acceptors (Lipinski definition) is 5. The first kappa shape index (κ1) is 21.4.